The van der Waals surface area contributed by atoms with Gasteiger partial charge in [0.1, 0.15) is 0 Å². The Morgan fingerprint density at radius 1 is 1.16 bits per heavy atom. The number of imide groups is 1. The number of amides is 3. The van der Waals surface area contributed by atoms with E-state index < -0.39 is 0 Å². The molecule has 1 aliphatic heterocycles. The summed E-state index contributed by atoms with van der Waals surface area (Å²) in [6, 6.07) is 5.45. The van der Waals surface area contributed by atoms with E-state index in [4.69, 9.17) is 0 Å². The molecule has 134 valence electrons. The van der Waals surface area contributed by atoms with Crippen molar-refractivity contribution in [3.63, 3.8) is 0 Å². The molecule has 0 radical (unpaired) electrons. The van der Waals surface area contributed by atoms with Crippen molar-refractivity contribution in [3.8, 4) is 0 Å². The molecule has 0 saturated heterocycles. The summed E-state index contributed by atoms with van der Waals surface area (Å²) < 4.78 is 0.776. The fraction of sp³-hybridized carbons (Fsp3) is 0.526. The molecule has 1 fully saturated rings. The van der Waals surface area contributed by atoms with E-state index in [2.05, 4.69) is 15.9 Å². The van der Waals surface area contributed by atoms with Gasteiger partial charge in [-0.2, -0.15) is 0 Å². The van der Waals surface area contributed by atoms with Crippen molar-refractivity contribution >= 4 is 33.7 Å². The van der Waals surface area contributed by atoms with Gasteiger partial charge >= 0.3 is 0 Å². The predicted molar refractivity (Wildman–Crippen MR) is 98.4 cm³/mol. The maximum atomic E-state index is 12.4. The third-order valence-electron chi connectivity index (χ3n) is 5.22. The Balaban J connectivity index is 1.53. The minimum atomic E-state index is -0.269. The van der Waals surface area contributed by atoms with Crippen molar-refractivity contribution in [3.05, 3.63) is 33.8 Å². The quantitative estimate of drug-likeness (QED) is 0.701. The molecule has 25 heavy (non-hydrogen) atoms. The Kier molecular flexibility index (Phi) is 5.57. The zero-order valence-corrected chi connectivity index (χ0v) is 16.0. The van der Waals surface area contributed by atoms with E-state index >= 15 is 0 Å². The monoisotopic (exact) mass is 406 g/mol. The second kappa shape index (κ2) is 7.68. The third-order valence-corrected chi connectivity index (χ3v) is 5.71. The number of nitrogens with zero attached hydrogens (tertiary/aromatic N) is 2. The van der Waals surface area contributed by atoms with Gasteiger partial charge in [-0.05, 0) is 37.5 Å². The van der Waals surface area contributed by atoms with Crippen LogP contribution < -0.4 is 0 Å². The summed E-state index contributed by atoms with van der Waals surface area (Å²) in [7, 11) is 1.87. The second-order valence-electron chi connectivity index (χ2n) is 6.85. The number of carbonyl (C=O) groups excluding carboxylic acids is 3. The first kappa shape index (κ1) is 18.1. The summed E-state index contributed by atoms with van der Waals surface area (Å²) in [6.07, 6.45) is 6.66. The number of rotatable bonds is 5. The number of carbonyl (C=O) groups is 3. The van der Waals surface area contributed by atoms with Crippen LogP contribution in [0.15, 0.2) is 22.7 Å². The van der Waals surface area contributed by atoms with Crippen LogP contribution in [0, 0.1) is 0 Å². The fourth-order valence-electron chi connectivity index (χ4n) is 3.70. The number of fused-ring (bicyclic) bond motifs is 1. The molecule has 1 heterocycles. The lowest BCUT2D eigenvalue weighted by Crippen LogP contribution is -2.38. The van der Waals surface area contributed by atoms with Gasteiger partial charge < -0.3 is 4.90 Å². The molecule has 0 bridgehead atoms. The van der Waals surface area contributed by atoms with Crippen LogP contribution >= 0.6 is 15.9 Å². The molecule has 3 amide bonds. The van der Waals surface area contributed by atoms with Gasteiger partial charge in [0.15, 0.2) is 0 Å². The molecule has 1 aromatic carbocycles. The van der Waals surface area contributed by atoms with E-state index in [0.29, 0.717) is 30.0 Å². The van der Waals surface area contributed by atoms with E-state index in [1.54, 1.807) is 18.2 Å². The minimum absolute atomic E-state index is 0.103. The highest BCUT2D eigenvalue weighted by Crippen LogP contribution is 2.26. The highest BCUT2D eigenvalue weighted by Gasteiger charge is 2.35. The Labute approximate surface area is 156 Å². The van der Waals surface area contributed by atoms with E-state index in [0.717, 1.165) is 17.3 Å². The van der Waals surface area contributed by atoms with Gasteiger partial charge in [-0.1, -0.05) is 35.2 Å². The molecule has 0 unspecified atom stereocenters. The number of hydrogen-bond donors (Lipinski definition) is 0. The van der Waals surface area contributed by atoms with E-state index in [-0.39, 0.29) is 24.3 Å². The topological polar surface area (TPSA) is 57.7 Å². The first-order chi connectivity index (χ1) is 12.0. The molecule has 0 N–H and O–H groups in total. The van der Waals surface area contributed by atoms with Gasteiger partial charge in [0.05, 0.1) is 11.1 Å². The van der Waals surface area contributed by atoms with E-state index in [1.165, 1.54) is 24.2 Å². The van der Waals surface area contributed by atoms with Crippen molar-refractivity contribution < 1.29 is 14.4 Å². The summed E-state index contributed by atoms with van der Waals surface area (Å²) in [5.74, 6) is -0.429. The lowest BCUT2D eigenvalue weighted by molar-refractivity contribution is -0.132. The largest absolute Gasteiger partial charge is 0.343 e. The van der Waals surface area contributed by atoms with Crippen LogP contribution in [-0.2, 0) is 4.79 Å². The van der Waals surface area contributed by atoms with Crippen molar-refractivity contribution in [1.82, 2.24) is 9.80 Å². The van der Waals surface area contributed by atoms with E-state index in [9.17, 15) is 14.4 Å². The van der Waals surface area contributed by atoms with Crippen LogP contribution in [0.1, 0.15) is 65.7 Å². The average Bonchev–Trinajstić information content (AvgIpc) is 2.86. The highest BCUT2D eigenvalue weighted by atomic mass is 79.9. The molecule has 6 heteroatoms. The Hall–Kier alpha value is -1.69. The van der Waals surface area contributed by atoms with Crippen LogP contribution in [0.4, 0.5) is 0 Å². The summed E-state index contributed by atoms with van der Waals surface area (Å²) in [4.78, 5) is 40.3. The van der Waals surface area contributed by atoms with Crippen molar-refractivity contribution in [2.24, 2.45) is 0 Å². The molecule has 5 nitrogen and oxygen atoms in total. The van der Waals surface area contributed by atoms with Crippen molar-refractivity contribution in [2.75, 3.05) is 13.6 Å². The minimum Gasteiger partial charge on any atom is -0.343 e. The number of hydrogen-bond acceptors (Lipinski definition) is 3. The number of halogens is 1. The van der Waals surface area contributed by atoms with Crippen molar-refractivity contribution in [2.45, 2.75) is 51.0 Å². The first-order valence-electron chi connectivity index (χ1n) is 8.90. The predicted octanol–water partition coefficient (Wildman–Crippen LogP) is 3.62. The molecular formula is C19H23BrN2O3. The zero-order valence-electron chi connectivity index (χ0n) is 14.5. The smallest absolute Gasteiger partial charge is 0.261 e. The molecule has 1 aliphatic carbocycles. The van der Waals surface area contributed by atoms with Gasteiger partial charge in [-0.25, -0.2) is 0 Å². The normalized spacial score (nSPS) is 17.8. The highest BCUT2D eigenvalue weighted by molar-refractivity contribution is 9.10. The lowest BCUT2D eigenvalue weighted by Gasteiger charge is -2.31. The molecule has 1 aromatic rings. The lowest BCUT2D eigenvalue weighted by atomic mass is 9.94. The molecule has 1 saturated carbocycles. The van der Waals surface area contributed by atoms with Gasteiger partial charge in [0.25, 0.3) is 11.8 Å². The Morgan fingerprint density at radius 2 is 1.84 bits per heavy atom. The summed E-state index contributed by atoms with van der Waals surface area (Å²) in [5.41, 5.74) is 0.879. The van der Waals surface area contributed by atoms with Crippen LogP contribution in [0.3, 0.4) is 0 Å². The molecule has 2 aliphatic rings. The van der Waals surface area contributed by atoms with Crippen LogP contribution in [0.2, 0.25) is 0 Å². The average molecular weight is 407 g/mol. The van der Waals surface area contributed by atoms with Crippen LogP contribution in [0.25, 0.3) is 0 Å². The first-order valence-corrected chi connectivity index (χ1v) is 9.69. The van der Waals surface area contributed by atoms with Gasteiger partial charge in [-0.15, -0.1) is 0 Å². The van der Waals surface area contributed by atoms with Crippen molar-refractivity contribution in [1.29, 1.82) is 0 Å². The third kappa shape index (κ3) is 3.78. The molecular weight excluding hydrogens is 384 g/mol. The standard InChI is InChI=1S/C19H23BrN2O3/c1-21(14-6-3-2-4-7-14)17(23)8-5-11-22-18(24)15-10-9-13(20)12-16(15)19(22)25/h9-10,12,14H,2-8,11H2,1H3. The zero-order chi connectivity index (χ0) is 18.0. The summed E-state index contributed by atoms with van der Waals surface area (Å²) in [6.45, 7) is 0.286. The van der Waals surface area contributed by atoms with Gasteiger partial charge in [-0.3, -0.25) is 19.3 Å². The number of benzene rings is 1. The summed E-state index contributed by atoms with van der Waals surface area (Å²) in [5, 5.41) is 0. The van der Waals surface area contributed by atoms with Gasteiger partial charge in [0, 0.05) is 30.5 Å². The van der Waals surface area contributed by atoms with Crippen LogP contribution in [-0.4, -0.2) is 47.2 Å². The SMILES string of the molecule is CN(C(=O)CCCN1C(=O)c2ccc(Br)cc2C1=O)C1CCCCC1. The molecule has 0 aromatic heterocycles. The van der Waals surface area contributed by atoms with Crippen LogP contribution in [0.5, 0.6) is 0 Å². The fourth-order valence-corrected chi connectivity index (χ4v) is 4.06. The Morgan fingerprint density at radius 3 is 2.56 bits per heavy atom. The maximum Gasteiger partial charge on any atom is 0.261 e. The molecule has 3 rings (SSSR count). The summed E-state index contributed by atoms with van der Waals surface area (Å²) >= 11 is 3.33. The molecule has 0 spiro atoms. The second-order valence-corrected chi connectivity index (χ2v) is 7.77. The Bertz CT molecular complexity index is 698. The maximum absolute atomic E-state index is 12.4. The van der Waals surface area contributed by atoms with Gasteiger partial charge in [0.2, 0.25) is 5.91 Å². The molecule has 0 atom stereocenters. The van der Waals surface area contributed by atoms with E-state index in [1.807, 2.05) is 11.9 Å².